The fraction of sp³-hybridized carbons (Fsp3) is 0.800. The number of hydrogen-bond donors (Lipinski definition) is 0. The zero-order valence-corrected chi connectivity index (χ0v) is 10.3. The first-order valence-corrected chi connectivity index (χ1v) is 6.82. The summed E-state index contributed by atoms with van der Waals surface area (Å²) >= 11 is 0. The molecule has 17 heavy (non-hydrogen) atoms. The lowest BCUT2D eigenvalue weighted by atomic mass is 9.49. The highest BCUT2D eigenvalue weighted by Crippen LogP contribution is 2.60. The van der Waals surface area contributed by atoms with E-state index in [1.165, 1.54) is 19.3 Å². The molecular formula is C15H20O2. The minimum Gasteiger partial charge on any atom is -0.464 e. The summed E-state index contributed by atoms with van der Waals surface area (Å²) in [6.07, 6.45) is 13.0. The Morgan fingerprint density at radius 2 is 1.71 bits per heavy atom. The number of carbonyl (C=O) groups is 1. The fourth-order valence-corrected chi connectivity index (χ4v) is 4.72. The van der Waals surface area contributed by atoms with Gasteiger partial charge in [-0.05, 0) is 56.3 Å². The lowest BCUT2D eigenvalue weighted by molar-refractivity contribution is -0.171. The van der Waals surface area contributed by atoms with Gasteiger partial charge in [0.15, 0.2) is 0 Å². The summed E-state index contributed by atoms with van der Waals surface area (Å²) in [6.45, 7) is 0.400. The van der Waals surface area contributed by atoms with Gasteiger partial charge in [-0.25, -0.2) is 0 Å². The number of hydrogen-bond acceptors (Lipinski definition) is 2. The van der Waals surface area contributed by atoms with Crippen molar-refractivity contribution in [1.29, 1.82) is 0 Å². The third-order valence-electron chi connectivity index (χ3n) is 4.95. The highest BCUT2D eigenvalue weighted by Gasteiger charge is 2.55. The monoisotopic (exact) mass is 232 g/mol. The minimum absolute atomic E-state index is 0.0480. The van der Waals surface area contributed by atoms with Crippen LogP contribution < -0.4 is 0 Å². The number of esters is 1. The Labute approximate surface area is 103 Å². The largest absolute Gasteiger partial charge is 0.464 e. The van der Waals surface area contributed by atoms with Gasteiger partial charge in [-0.3, -0.25) is 4.79 Å². The number of terminal acetylenes is 1. The van der Waals surface area contributed by atoms with E-state index in [1.807, 2.05) is 0 Å². The third-order valence-corrected chi connectivity index (χ3v) is 4.95. The Morgan fingerprint density at radius 3 is 2.18 bits per heavy atom. The highest BCUT2D eigenvalue weighted by molar-refractivity contribution is 5.77. The van der Waals surface area contributed by atoms with Crippen LogP contribution in [0.1, 0.15) is 44.9 Å². The van der Waals surface area contributed by atoms with E-state index in [0.29, 0.717) is 13.0 Å². The van der Waals surface area contributed by atoms with Crippen LogP contribution in [0, 0.1) is 35.5 Å². The molecule has 4 aliphatic carbocycles. The maximum absolute atomic E-state index is 12.3. The van der Waals surface area contributed by atoms with Gasteiger partial charge in [-0.1, -0.05) is 0 Å². The van der Waals surface area contributed by atoms with Crippen LogP contribution in [0.2, 0.25) is 0 Å². The smallest absolute Gasteiger partial charge is 0.312 e. The van der Waals surface area contributed by atoms with Crippen molar-refractivity contribution in [3.05, 3.63) is 0 Å². The van der Waals surface area contributed by atoms with Crippen molar-refractivity contribution < 1.29 is 9.53 Å². The molecule has 92 valence electrons. The van der Waals surface area contributed by atoms with Crippen LogP contribution in [0.3, 0.4) is 0 Å². The quantitative estimate of drug-likeness (QED) is 0.425. The summed E-state index contributed by atoms with van der Waals surface area (Å²) in [5, 5.41) is 0. The molecule has 0 amide bonds. The van der Waals surface area contributed by atoms with E-state index >= 15 is 0 Å². The summed E-state index contributed by atoms with van der Waals surface area (Å²) in [5.41, 5.74) is -0.122. The molecule has 0 N–H and O–H groups in total. The molecule has 0 aliphatic heterocycles. The van der Waals surface area contributed by atoms with Gasteiger partial charge in [-0.2, -0.15) is 0 Å². The van der Waals surface area contributed by atoms with Gasteiger partial charge in [0.25, 0.3) is 0 Å². The predicted molar refractivity (Wildman–Crippen MR) is 65.0 cm³/mol. The summed E-state index contributed by atoms with van der Waals surface area (Å²) in [7, 11) is 0. The molecule has 2 heteroatoms. The molecule has 0 atom stereocenters. The van der Waals surface area contributed by atoms with Gasteiger partial charge in [0.05, 0.1) is 5.41 Å². The molecule has 4 rings (SSSR count). The topological polar surface area (TPSA) is 26.3 Å². The van der Waals surface area contributed by atoms with Gasteiger partial charge >= 0.3 is 5.97 Å². The summed E-state index contributed by atoms with van der Waals surface area (Å²) in [5.74, 6) is 4.95. The summed E-state index contributed by atoms with van der Waals surface area (Å²) in [4.78, 5) is 12.3. The van der Waals surface area contributed by atoms with Crippen molar-refractivity contribution in [3.63, 3.8) is 0 Å². The first-order chi connectivity index (χ1) is 8.22. The van der Waals surface area contributed by atoms with Gasteiger partial charge < -0.3 is 4.74 Å². The fourth-order valence-electron chi connectivity index (χ4n) is 4.72. The molecule has 4 saturated carbocycles. The van der Waals surface area contributed by atoms with Gasteiger partial charge in [-0.15, -0.1) is 12.3 Å². The average molecular weight is 232 g/mol. The van der Waals surface area contributed by atoms with Gasteiger partial charge in [0.2, 0.25) is 0 Å². The van der Waals surface area contributed by atoms with Gasteiger partial charge in [0, 0.05) is 6.42 Å². The molecule has 0 spiro atoms. The van der Waals surface area contributed by atoms with E-state index in [0.717, 1.165) is 37.0 Å². The van der Waals surface area contributed by atoms with E-state index in [4.69, 9.17) is 11.2 Å². The van der Waals surface area contributed by atoms with Crippen LogP contribution in [0.15, 0.2) is 0 Å². The number of rotatable bonds is 3. The molecule has 4 bridgehead atoms. The van der Waals surface area contributed by atoms with E-state index in [1.54, 1.807) is 0 Å². The predicted octanol–water partition coefficient (Wildman–Crippen LogP) is 2.77. The maximum atomic E-state index is 12.3. The van der Waals surface area contributed by atoms with Crippen LogP contribution in [-0.4, -0.2) is 12.6 Å². The zero-order valence-electron chi connectivity index (χ0n) is 10.3. The molecule has 0 aromatic rings. The molecular weight excluding hydrogens is 212 g/mol. The SMILES string of the molecule is C#CCCOC(=O)C12CC3CC(CC(C3)C1)C2. The number of carbonyl (C=O) groups excluding carboxylic acids is 1. The first kappa shape index (κ1) is 11.1. The van der Waals surface area contributed by atoms with E-state index in [-0.39, 0.29) is 11.4 Å². The van der Waals surface area contributed by atoms with Crippen LogP contribution >= 0.6 is 0 Å². The van der Waals surface area contributed by atoms with E-state index in [2.05, 4.69) is 5.92 Å². The number of ether oxygens (including phenoxy) is 1. The molecule has 2 nitrogen and oxygen atoms in total. The summed E-state index contributed by atoms with van der Waals surface area (Å²) in [6, 6.07) is 0. The first-order valence-electron chi connectivity index (χ1n) is 6.82. The third kappa shape index (κ3) is 1.86. The van der Waals surface area contributed by atoms with Crippen LogP contribution in [0.25, 0.3) is 0 Å². The van der Waals surface area contributed by atoms with Crippen LogP contribution in [0.4, 0.5) is 0 Å². The van der Waals surface area contributed by atoms with Gasteiger partial charge in [0.1, 0.15) is 6.61 Å². The Kier molecular flexibility index (Phi) is 2.65. The molecule has 0 aromatic heterocycles. The maximum Gasteiger partial charge on any atom is 0.312 e. The summed E-state index contributed by atoms with van der Waals surface area (Å²) < 4.78 is 5.39. The van der Waals surface area contributed by atoms with E-state index in [9.17, 15) is 4.79 Å². The second kappa shape index (κ2) is 4.05. The normalized spacial score (nSPS) is 42.2. The Morgan fingerprint density at radius 1 is 1.18 bits per heavy atom. The zero-order chi connectivity index (χ0) is 11.9. The van der Waals surface area contributed by atoms with Crippen molar-refractivity contribution in [3.8, 4) is 12.3 Å². The minimum atomic E-state index is -0.122. The lowest BCUT2D eigenvalue weighted by Gasteiger charge is -2.55. The molecule has 0 aromatic carbocycles. The molecule has 0 heterocycles. The Hall–Kier alpha value is -0.970. The lowest BCUT2D eigenvalue weighted by Crippen LogP contribution is -2.50. The van der Waals surface area contributed by atoms with Crippen molar-refractivity contribution in [2.75, 3.05) is 6.61 Å². The van der Waals surface area contributed by atoms with Crippen molar-refractivity contribution in [2.24, 2.45) is 23.2 Å². The second-order valence-electron chi connectivity index (χ2n) is 6.29. The molecule has 0 saturated heterocycles. The van der Waals surface area contributed by atoms with Crippen molar-refractivity contribution in [2.45, 2.75) is 44.9 Å². The van der Waals surface area contributed by atoms with Crippen LogP contribution in [-0.2, 0) is 9.53 Å². The second-order valence-corrected chi connectivity index (χ2v) is 6.29. The highest BCUT2D eigenvalue weighted by atomic mass is 16.5. The van der Waals surface area contributed by atoms with Crippen molar-refractivity contribution >= 4 is 5.97 Å². The van der Waals surface area contributed by atoms with Crippen LogP contribution in [0.5, 0.6) is 0 Å². The standard InChI is InChI=1S/C15H20O2/c1-2-3-4-17-14(16)15-8-11-5-12(9-15)7-13(6-11)10-15/h1,11-13H,3-10H2. The molecule has 4 fully saturated rings. The average Bonchev–Trinajstić information content (AvgIpc) is 2.27. The Bertz CT molecular complexity index is 328. The Balaban J connectivity index is 1.69. The van der Waals surface area contributed by atoms with E-state index < -0.39 is 0 Å². The molecule has 4 aliphatic rings. The molecule has 0 unspecified atom stereocenters. The van der Waals surface area contributed by atoms with Crippen molar-refractivity contribution in [1.82, 2.24) is 0 Å². The molecule has 0 radical (unpaired) electrons.